The smallest absolute Gasteiger partial charge is 0.429 e. The molecule has 2 aromatic rings. The first-order valence-corrected chi connectivity index (χ1v) is 12.7. The fourth-order valence-corrected chi connectivity index (χ4v) is 5.99. The van der Waals surface area contributed by atoms with Gasteiger partial charge in [0.05, 0.1) is 0 Å². The topological polar surface area (TPSA) is 35.5 Å². The van der Waals surface area contributed by atoms with Crippen molar-refractivity contribution in [1.82, 2.24) is 0 Å². The molecule has 0 heterocycles. The van der Waals surface area contributed by atoms with E-state index in [0.717, 1.165) is 73.6 Å². The number of carbonyl (C=O) groups excluding carboxylic acids is 1. The fraction of sp³-hybridized carbons (Fsp3) is 0.552. The Hall–Kier alpha value is -2.43. The highest BCUT2D eigenvalue weighted by molar-refractivity contribution is 5.60. The molecule has 34 heavy (non-hydrogen) atoms. The van der Waals surface area contributed by atoms with E-state index < -0.39 is 6.16 Å². The van der Waals surface area contributed by atoms with Gasteiger partial charge in [0.15, 0.2) is 0 Å². The third-order valence-electron chi connectivity index (χ3n) is 8.05. The van der Waals surface area contributed by atoms with E-state index in [4.69, 9.17) is 9.47 Å². The molecule has 2 saturated carbocycles. The lowest BCUT2D eigenvalue weighted by atomic mass is 9.69. The lowest BCUT2D eigenvalue weighted by molar-refractivity contribution is 0.0437. The summed E-state index contributed by atoms with van der Waals surface area (Å²) in [4.78, 5) is 12.5. The second-order valence-electron chi connectivity index (χ2n) is 10.7. The van der Waals surface area contributed by atoms with E-state index in [1.807, 2.05) is 0 Å². The maximum Gasteiger partial charge on any atom is 0.508 e. The highest BCUT2D eigenvalue weighted by Gasteiger charge is 2.32. The quantitative estimate of drug-likeness (QED) is 0.399. The molecular weight excluding hydrogens is 434 g/mol. The summed E-state index contributed by atoms with van der Waals surface area (Å²) in [7, 11) is 0. The van der Waals surface area contributed by atoms with Gasteiger partial charge in [-0.05, 0) is 83.0 Å². The zero-order chi connectivity index (χ0) is 24.2. The first-order valence-electron chi connectivity index (χ1n) is 12.7. The summed E-state index contributed by atoms with van der Waals surface area (Å²) < 4.78 is 39.0. The summed E-state index contributed by atoms with van der Waals surface area (Å²) in [5, 5.41) is 0. The van der Waals surface area contributed by atoms with Crippen LogP contribution in [0.2, 0.25) is 0 Å². The molecule has 4 rings (SSSR count). The predicted molar refractivity (Wildman–Crippen MR) is 129 cm³/mol. The molecule has 0 spiro atoms. The second kappa shape index (κ2) is 10.5. The molecule has 3 nitrogen and oxygen atoms in total. The van der Waals surface area contributed by atoms with E-state index in [1.54, 1.807) is 24.3 Å². The highest BCUT2D eigenvalue weighted by Crippen LogP contribution is 2.42. The van der Waals surface area contributed by atoms with Crippen LogP contribution < -0.4 is 0 Å². The zero-order valence-electron chi connectivity index (χ0n) is 20.4. The Morgan fingerprint density at radius 1 is 0.706 bits per heavy atom. The summed E-state index contributed by atoms with van der Waals surface area (Å²) in [6, 6.07) is 9.42. The van der Waals surface area contributed by atoms with Crippen molar-refractivity contribution in [2.45, 2.75) is 102 Å². The van der Waals surface area contributed by atoms with Gasteiger partial charge in [0.2, 0.25) is 0 Å². The Bertz CT molecular complexity index is 925. The van der Waals surface area contributed by atoms with E-state index in [1.165, 1.54) is 25.0 Å². The third-order valence-corrected chi connectivity index (χ3v) is 8.05. The molecule has 2 aliphatic rings. The number of hydrogen-bond acceptors (Lipinski definition) is 3. The first kappa shape index (κ1) is 24.7. The summed E-state index contributed by atoms with van der Waals surface area (Å²) in [6.07, 6.45) is 10.1. The van der Waals surface area contributed by atoms with E-state index >= 15 is 0 Å². The Morgan fingerprint density at radius 3 is 1.47 bits per heavy atom. The SMILES string of the molecule is CC1(c2cc(F)ccc2COC(=O)OCc2ccc(F)cc2C2(C)CCCCC2)CCCCC1. The molecular formula is C29H36F2O3. The molecule has 0 amide bonds. The van der Waals surface area contributed by atoms with Crippen molar-refractivity contribution >= 4 is 6.16 Å². The zero-order valence-corrected chi connectivity index (χ0v) is 20.4. The predicted octanol–water partition coefficient (Wildman–Crippen LogP) is 8.26. The van der Waals surface area contributed by atoms with Crippen LogP contribution in [0.15, 0.2) is 36.4 Å². The Balaban J connectivity index is 1.42. The molecule has 0 unspecified atom stereocenters. The number of hydrogen-bond donors (Lipinski definition) is 0. The number of rotatable bonds is 6. The van der Waals surface area contributed by atoms with Crippen molar-refractivity contribution in [2.75, 3.05) is 0 Å². The molecule has 5 heteroatoms. The minimum Gasteiger partial charge on any atom is -0.429 e. The normalized spacial score (nSPS) is 19.4. The van der Waals surface area contributed by atoms with Crippen LogP contribution in [0.1, 0.15) is 100 Å². The number of ether oxygens (including phenoxy) is 2. The van der Waals surface area contributed by atoms with Crippen LogP contribution >= 0.6 is 0 Å². The molecule has 0 aliphatic heterocycles. The molecule has 0 radical (unpaired) electrons. The maximum atomic E-state index is 14.1. The fourth-order valence-electron chi connectivity index (χ4n) is 5.99. The molecule has 2 aromatic carbocycles. The van der Waals surface area contributed by atoms with Crippen molar-refractivity contribution in [2.24, 2.45) is 0 Å². The highest BCUT2D eigenvalue weighted by atomic mass is 19.1. The van der Waals surface area contributed by atoms with E-state index in [-0.39, 0.29) is 35.7 Å². The van der Waals surface area contributed by atoms with E-state index in [2.05, 4.69) is 13.8 Å². The molecule has 2 aliphatic carbocycles. The van der Waals surface area contributed by atoms with Gasteiger partial charge in [-0.2, -0.15) is 0 Å². The maximum absolute atomic E-state index is 14.1. The van der Waals surface area contributed by atoms with Crippen molar-refractivity contribution < 1.29 is 23.0 Å². The molecule has 184 valence electrons. The van der Waals surface area contributed by atoms with E-state index in [9.17, 15) is 13.6 Å². The van der Waals surface area contributed by atoms with Gasteiger partial charge in [-0.1, -0.05) is 64.5 Å². The standard InChI is InChI=1S/C29H36F2O3/c1-28(13-5-3-6-14-28)25-17-23(30)11-9-21(25)19-33-27(32)34-20-22-10-12-24(31)18-26(22)29(2)15-7-4-8-16-29/h9-12,17-18H,3-8,13-16,19-20H2,1-2H3. The van der Waals surface area contributed by atoms with Crippen LogP contribution in [0.5, 0.6) is 0 Å². The van der Waals surface area contributed by atoms with Crippen LogP contribution in [-0.4, -0.2) is 6.16 Å². The summed E-state index contributed by atoms with van der Waals surface area (Å²) >= 11 is 0. The van der Waals surface area contributed by atoms with Gasteiger partial charge in [-0.25, -0.2) is 13.6 Å². The third kappa shape index (κ3) is 5.61. The number of carbonyl (C=O) groups is 1. The molecule has 0 aromatic heterocycles. The van der Waals surface area contributed by atoms with Crippen molar-refractivity contribution in [3.05, 3.63) is 70.3 Å². The van der Waals surface area contributed by atoms with E-state index in [0.29, 0.717) is 0 Å². The van der Waals surface area contributed by atoms with Crippen LogP contribution in [-0.2, 0) is 33.5 Å². The van der Waals surface area contributed by atoms with Gasteiger partial charge >= 0.3 is 6.16 Å². The number of benzene rings is 2. The van der Waals surface area contributed by atoms with Gasteiger partial charge in [-0.15, -0.1) is 0 Å². The average molecular weight is 471 g/mol. The van der Waals surface area contributed by atoms with Crippen LogP contribution in [0.4, 0.5) is 13.6 Å². The van der Waals surface area contributed by atoms with Crippen LogP contribution in [0.25, 0.3) is 0 Å². The minimum absolute atomic E-state index is 0.0397. The second-order valence-corrected chi connectivity index (χ2v) is 10.7. The van der Waals surface area contributed by atoms with Gasteiger partial charge in [-0.3, -0.25) is 0 Å². The van der Waals surface area contributed by atoms with Crippen molar-refractivity contribution in [1.29, 1.82) is 0 Å². The molecule has 0 atom stereocenters. The average Bonchev–Trinajstić information content (AvgIpc) is 2.83. The van der Waals surface area contributed by atoms with Gasteiger partial charge in [0.1, 0.15) is 24.8 Å². The van der Waals surface area contributed by atoms with Gasteiger partial charge in [0, 0.05) is 0 Å². The summed E-state index contributed by atoms with van der Waals surface area (Å²) in [5.74, 6) is -0.540. The Kier molecular flexibility index (Phi) is 7.59. The molecule has 2 fully saturated rings. The largest absolute Gasteiger partial charge is 0.508 e. The van der Waals surface area contributed by atoms with Crippen LogP contribution in [0.3, 0.4) is 0 Å². The number of halogens is 2. The minimum atomic E-state index is -0.770. The lowest BCUT2D eigenvalue weighted by Crippen LogP contribution is -2.27. The first-order chi connectivity index (χ1) is 16.3. The monoisotopic (exact) mass is 470 g/mol. The molecule has 0 saturated heterocycles. The molecule has 0 bridgehead atoms. The van der Waals surface area contributed by atoms with Gasteiger partial charge < -0.3 is 9.47 Å². The Labute approximate surface area is 201 Å². The summed E-state index contributed by atoms with van der Waals surface area (Å²) in [6.45, 7) is 4.42. The molecule has 0 N–H and O–H groups in total. The lowest BCUT2D eigenvalue weighted by Gasteiger charge is -2.36. The van der Waals surface area contributed by atoms with Crippen LogP contribution in [0, 0.1) is 11.6 Å². The van der Waals surface area contributed by atoms with Gasteiger partial charge in [0.25, 0.3) is 0 Å². The Morgan fingerprint density at radius 2 is 1.09 bits per heavy atom. The summed E-state index contributed by atoms with van der Waals surface area (Å²) in [5.41, 5.74) is 3.26. The van der Waals surface area contributed by atoms with Crippen molar-refractivity contribution in [3.8, 4) is 0 Å². The van der Waals surface area contributed by atoms with Crippen molar-refractivity contribution in [3.63, 3.8) is 0 Å².